The van der Waals surface area contributed by atoms with Crippen LogP contribution in [0.1, 0.15) is 143 Å². The molecule has 0 N–H and O–H groups in total. The monoisotopic (exact) mass is 350 g/mol. The summed E-state index contributed by atoms with van der Waals surface area (Å²) in [6.45, 7) is 7.21. The Morgan fingerprint density at radius 3 is 1.80 bits per heavy atom. The predicted octanol–water partition coefficient (Wildman–Crippen LogP) is 9.32. The van der Waals surface area contributed by atoms with E-state index in [1.165, 1.54) is 109 Å². The van der Waals surface area contributed by atoms with Crippen LogP contribution in [0, 0.1) is 17.8 Å². The van der Waals surface area contributed by atoms with Crippen LogP contribution in [0.15, 0.2) is 0 Å². The van der Waals surface area contributed by atoms with Gasteiger partial charge in [0, 0.05) is 0 Å². The second-order valence-electron chi connectivity index (χ2n) is 9.26. The highest BCUT2D eigenvalue weighted by molar-refractivity contribution is 4.76. The Hall–Kier alpha value is 0. The molecule has 1 aliphatic rings. The lowest BCUT2D eigenvalue weighted by Crippen LogP contribution is -2.20. The molecule has 1 saturated carbocycles. The number of hydrogen-bond donors (Lipinski definition) is 0. The van der Waals surface area contributed by atoms with E-state index >= 15 is 0 Å². The van der Waals surface area contributed by atoms with Crippen LogP contribution in [0.3, 0.4) is 0 Å². The normalized spacial score (nSPS) is 18.4. The molecule has 0 spiro atoms. The van der Waals surface area contributed by atoms with Gasteiger partial charge >= 0.3 is 0 Å². The minimum atomic E-state index is 0.966. The zero-order valence-electron chi connectivity index (χ0n) is 18.2. The van der Waals surface area contributed by atoms with Gasteiger partial charge in [0.15, 0.2) is 0 Å². The third kappa shape index (κ3) is 12.1. The number of unbranched alkanes of at least 4 members (excludes halogenated alkanes) is 9. The predicted molar refractivity (Wildman–Crippen MR) is 115 cm³/mol. The molecule has 0 saturated heterocycles. The van der Waals surface area contributed by atoms with Crippen LogP contribution in [0.4, 0.5) is 0 Å². The maximum Gasteiger partial charge on any atom is -0.0383 e. The fourth-order valence-electron chi connectivity index (χ4n) is 5.07. The van der Waals surface area contributed by atoms with Gasteiger partial charge in [-0.25, -0.2) is 0 Å². The van der Waals surface area contributed by atoms with E-state index in [0.29, 0.717) is 0 Å². The van der Waals surface area contributed by atoms with Crippen molar-refractivity contribution in [3.63, 3.8) is 0 Å². The lowest BCUT2D eigenvalue weighted by molar-refractivity contribution is 0.194. The van der Waals surface area contributed by atoms with E-state index in [-0.39, 0.29) is 0 Å². The van der Waals surface area contributed by atoms with Crippen LogP contribution in [-0.4, -0.2) is 0 Å². The summed E-state index contributed by atoms with van der Waals surface area (Å²) in [4.78, 5) is 0. The molecule has 1 aliphatic carbocycles. The minimum Gasteiger partial charge on any atom is -0.0654 e. The largest absolute Gasteiger partial charge is 0.0654 e. The van der Waals surface area contributed by atoms with Gasteiger partial charge in [-0.2, -0.15) is 0 Å². The molecule has 0 heterocycles. The van der Waals surface area contributed by atoms with Crippen LogP contribution >= 0.6 is 0 Å². The van der Waals surface area contributed by atoms with Crippen molar-refractivity contribution >= 4 is 0 Å². The van der Waals surface area contributed by atoms with Crippen molar-refractivity contribution in [1.29, 1.82) is 0 Å². The van der Waals surface area contributed by atoms with Gasteiger partial charge in [-0.05, 0) is 24.2 Å². The Morgan fingerprint density at radius 2 is 1.16 bits per heavy atom. The minimum absolute atomic E-state index is 0.966. The molecule has 150 valence electrons. The van der Waals surface area contributed by atoms with E-state index in [9.17, 15) is 0 Å². The van der Waals surface area contributed by atoms with Crippen LogP contribution in [0.25, 0.3) is 0 Å². The van der Waals surface area contributed by atoms with Gasteiger partial charge in [0.25, 0.3) is 0 Å². The Morgan fingerprint density at radius 1 is 0.640 bits per heavy atom. The third-order valence-corrected chi connectivity index (χ3v) is 6.75. The van der Waals surface area contributed by atoms with Gasteiger partial charge in [0.2, 0.25) is 0 Å². The fourth-order valence-corrected chi connectivity index (χ4v) is 5.07. The fraction of sp³-hybridized carbons (Fsp3) is 1.00. The van der Waals surface area contributed by atoms with E-state index in [2.05, 4.69) is 20.8 Å². The van der Waals surface area contributed by atoms with Crippen molar-refractivity contribution < 1.29 is 0 Å². The van der Waals surface area contributed by atoms with Gasteiger partial charge < -0.3 is 0 Å². The van der Waals surface area contributed by atoms with Crippen molar-refractivity contribution in [3.05, 3.63) is 0 Å². The molecule has 2 unspecified atom stereocenters. The van der Waals surface area contributed by atoms with Crippen molar-refractivity contribution in [2.75, 3.05) is 0 Å². The molecule has 0 aromatic heterocycles. The summed E-state index contributed by atoms with van der Waals surface area (Å²) < 4.78 is 0. The van der Waals surface area contributed by atoms with Crippen LogP contribution in [0.5, 0.6) is 0 Å². The van der Waals surface area contributed by atoms with Gasteiger partial charge in [-0.15, -0.1) is 0 Å². The van der Waals surface area contributed by atoms with E-state index in [4.69, 9.17) is 0 Å². The lowest BCUT2D eigenvalue weighted by Gasteiger charge is -2.32. The Kier molecular flexibility index (Phi) is 14.9. The summed E-state index contributed by atoms with van der Waals surface area (Å²) >= 11 is 0. The first kappa shape index (κ1) is 23.0. The zero-order chi connectivity index (χ0) is 18.2. The third-order valence-electron chi connectivity index (χ3n) is 6.75. The molecule has 0 amide bonds. The average molecular weight is 351 g/mol. The number of hydrogen-bond acceptors (Lipinski definition) is 0. The highest BCUT2D eigenvalue weighted by Crippen LogP contribution is 2.37. The Labute approximate surface area is 160 Å². The zero-order valence-corrected chi connectivity index (χ0v) is 18.2. The van der Waals surface area contributed by atoms with E-state index in [1.54, 1.807) is 12.8 Å². The highest BCUT2D eigenvalue weighted by Gasteiger charge is 2.24. The van der Waals surface area contributed by atoms with Crippen molar-refractivity contribution in [1.82, 2.24) is 0 Å². The summed E-state index contributed by atoms with van der Waals surface area (Å²) in [6.07, 6.45) is 28.2. The molecular formula is C25H50. The van der Waals surface area contributed by atoms with E-state index in [0.717, 1.165) is 17.8 Å². The summed E-state index contributed by atoms with van der Waals surface area (Å²) in [5, 5.41) is 0. The highest BCUT2D eigenvalue weighted by atomic mass is 14.3. The van der Waals surface area contributed by atoms with Gasteiger partial charge in [-0.3, -0.25) is 0 Å². The second kappa shape index (κ2) is 16.2. The van der Waals surface area contributed by atoms with Gasteiger partial charge in [0.05, 0.1) is 0 Å². The first-order chi connectivity index (χ1) is 12.3. The van der Waals surface area contributed by atoms with Crippen LogP contribution in [-0.2, 0) is 0 Å². The summed E-state index contributed by atoms with van der Waals surface area (Å²) in [7, 11) is 0. The summed E-state index contributed by atoms with van der Waals surface area (Å²) in [6, 6.07) is 0. The van der Waals surface area contributed by atoms with Gasteiger partial charge in [0.1, 0.15) is 0 Å². The molecule has 25 heavy (non-hydrogen) atoms. The first-order valence-corrected chi connectivity index (χ1v) is 12.3. The Balaban J connectivity index is 2.16. The SMILES string of the molecule is CCCCCCCCCCC(C)CC(CCCCC)C1CCCCC1. The second-order valence-corrected chi connectivity index (χ2v) is 9.26. The standard InChI is InChI=1S/C25H50/c1-4-6-8-9-10-11-12-15-18-23(3)22-25(21-14-7-5-2)24-19-16-13-17-20-24/h23-25H,4-22H2,1-3H3. The molecule has 1 rings (SSSR count). The first-order valence-electron chi connectivity index (χ1n) is 12.3. The smallest absolute Gasteiger partial charge is 0.0383 e. The average Bonchev–Trinajstić information content (AvgIpc) is 2.64. The van der Waals surface area contributed by atoms with Crippen LogP contribution in [0.2, 0.25) is 0 Å². The molecule has 2 atom stereocenters. The molecule has 0 bridgehead atoms. The topological polar surface area (TPSA) is 0 Å². The van der Waals surface area contributed by atoms with Crippen molar-refractivity contribution in [3.8, 4) is 0 Å². The molecular weight excluding hydrogens is 300 g/mol. The molecule has 0 nitrogen and oxygen atoms in total. The van der Waals surface area contributed by atoms with E-state index in [1.807, 2.05) is 0 Å². The quantitative estimate of drug-likeness (QED) is 0.243. The van der Waals surface area contributed by atoms with E-state index < -0.39 is 0 Å². The van der Waals surface area contributed by atoms with Crippen molar-refractivity contribution in [2.45, 2.75) is 143 Å². The molecule has 0 radical (unpaired) electrons. The molecule has 1 fully saturated rings. The molecule has 0 aromatic rings. The Bertz CT molecular complexity index is 263. The molecule has 0 heteroatoms. The summed E-state index contributed by atoms with van der Waals surface area (Å²) in [5.41, 5.74) is 0. The molecule has 0 aliphatic heterocycles. The lowest BCUT2D eigenvalue weighted by atomic mass is 9.74. The van der Waals surface area contributed by atoms with Crippen LogP contribution < -0.4 is 0 Å². The van der Waals surface area contributed by atoms with Gasteiger partial charge in [-0.1, -0.05) is 136 Å². The molecule has 0 aromatic carbocycles. The summed E-state index contributed by atoms with van der Waals surface area (Å²) in [5.74, 6) is 3.09. The maximum absolute atomic E-state index is 2.55. The maximum atomic E-state index is 2.55. The number of rotatable bonds is 16. The van der Waals surface area contributed by atoms with Crippen molar-refractivity contribution in [2.24, 2.45) is 17.8 Å².